The van der Waals surface area contributed by atoms with Crippen LogP contribution in [0.5, 0.6) is 5.75 Å². The molecule has 0 bridgehead atoms. The number of phenols is 1. The quantitative estimate of drug-likeness (QED) is 0.614. The number of unbranched alkanes of at least 4 members (excludes halogenated alkanes) is 1. The van der Waals surface area contributed by atoms with E-state index in [1.165, 1.54) is 0 Å². The Bertz CT molecular complexity index is 538. The molecule has 0 fully saturated rings. The van der Waals surface area contributed by atoms with Crippen LogP contribution in [0.2, 0.25) is 0 Å². The second-order valence-electron chi connectivity index (χ2n) is 3.71. The zero-order chi connectivity index (χ0) is 13.8. The van der Waals surface area contributed by atoms with Gasteiger partial charge in [-0.1, -0.05) is 13.3 Å². The van der Waals surface area contributed by atoms with Crippen molar-refractivity contribution in [1.29, 1.82) is 0 Å². The molecule has 0 saturated heterocycles. The largest absolute Gasteiger partial charge is 0.508 e. The second kappa shape index (κ2) is 5.83. The molecule has 0 aliphatic heterocycles. The summed E-state index contributed by atoms with van der Waals surface area (Å²) in [7, 11) is -4.04. The van der Waals surface area contributed by atoms with Crippen LogP contribution in [0.15, 0.2) is 23.1 Å². The lowest BCUT2D eigenvalue weighted by Gasteiger charge is -2.08. The molecule has 0 heterocycles. The van der Waals surface area contributed by atoms with Crippen molar-refractivity contribution in [2.45, 2.75) is 24.7 Å². The van der Waals surface area contributed by atoms with Crippen LogP contribution in [0.3, 0.4) is 0 Å². The van der Waals surface area contributed by atoms with E-state index in [1.54, 1.807) is 0 Å². The van der Waals surface area contributed by atoms with Gasteiger partial charge in [-0.2, -0.15) is 0 Å². The van der Waals surface area contributed by atoms with Crippen LogP contribution < -0.4 is 5.14 Å². The third kappa shape index (κ3) is 3.71. The highest BCUT2D eigenvalue weighted by molar-refractivity contribution is 7.89. The standard InChI is InChI=1S/C11H15NO5S/c1-2-3-6-17-11(14)9-7-8(13)4-5-10(9)18(12,15)16/h4-5,7,13H,2-3,6H2,1H3,(H2,12,15,16). The van der Waals surface area contributed by atoms with Gasteiger partial charge in [0.05, 0.1) is 17.1 Å². The minimum absolute atomic E-state index is 0.190. The van der Waals surface area contributed by atoms with Crippen molar-refractivity contribution in [2.75, 3.05) is 6.61 Å². The first-order chi connectivity index (χ1) is 8.36. The lowest BCUT2D eigenvalue weighted by atomic mass is 10.2. The molecule has 0 radical (unpaired) electrons. The summed E-state index contributed by atoms with van der Waals surface area (Å²) in [5, 5.41) is 14.3. The molecular weight excluding hydrogens is 258 g/mol. The molecule has 0 spiro atoms. The minimum Gasteiger partial charge on any atom is -0.508 e. The van der Waals surface area contributed by atoms with Crippen molar-refractivity contribution in [1.82, 2.24) is 0 Å². The van der Waals surface area contributed by atoms with Crippen LogP contribution in [-0.4, -0.2) is 26.1 Å². The summed E-state index contributed by atoms with van der Waals surface area (Å²) in [6.07, 6.45) is 1.52. The van der Waals surface area contributed by atoms with Crippen molar-refractivity contribution in [3.8, 4) is 5.75 Å². The number of hydrogen-bond donors (Lipinski definition) is 2. The van der Waals surface area contributed by atoms with E-state index in [1.807, 2.05) is 6.92 Å². The number of hydrogen-bond acceptors (Lipinski definition) is 5. The number of carbonyl (C=O) groups is 1. The van der Waals surface area contributed by atoms with Crippen molar-refractivity contribution in [3.63, 3.8) is 0 Å². The number of rotatable bonds is 5. The maximum Gasteiger partial charge on any atom is 0.339 e. The molecule has 1 aromatic rings. The normalized spacial score (nSPS) is 11.2. The number of esters is 1. The molecule has 3 N–H and O–H groups in total. The van der Waals surface area contributed by atoms with E-state index in [0.29, 0.717) is 6.42 Å². The average molecular weight is 273 g/mol. The fourth-order valence-corrected chi connectivity index (χ4v) is 2.02. The molecule has 1 rings (SSSR count). The van der Waals surface area contributed by atoms with Crippen LogP contribution in [0, 0.1) is 0 Å². The molecule has 6 nitrogen and oxygen atoms in total. The minimum atomic E-state index is -4.04. The van der Waals surface area contributed by atoms with Gasteiger partial charge in [0, 0.05) is 0 Å². The molecule has 0 aliphatic rings. The first-order valence-corrected chi connectivity index (χ1v) is 6.94. The summed E-state index contributed by atoms with van der Waals surface area (Å²) in [4.78, 5) is 11.3. The molecule has 18 heavy (non-hydrogen) atoms. The van der Waals surface area contributed by atoms with Gasteiger partial charge in [0.15, 0.2) is 0 Å². The van der Waals surface area contributed by atoms with E-state index in [0.717, 1.165) is 24.6 Å². The molecule has 0 aromatic heterocycles. The number of carbonyl (C=O) groups excluding carboxylic acids is 1. The van der Waals surface area contributed by atoms with Gasteiger partial charge in [-0.15, -0.1) is 0 Å². The van der Waals surface area contributed by atoms with E-state index >= 15 is 0 Å². The van der Waals surface area contributed by atoms with Crippen LogP contribution in [-0.2, 0) is 14.8 Å². The average Bonchev–Trinajstić information content (AvgIpc) is 2.27. The highest BCUT2D eigenvalue weighted by atomic mass is 32.2. The maximum atomic E-state index is 11.7. The SMILES string of the molecule is CCCCOC(=O)c1cc(O)ccc1S(N)(=O)=O. The number of aromatic hydroxyl groups is 1. The summed E-state index contributed by atoms with van der Waals surface area (Å²) in [5.41, 5.74) is -0.256. The molecule has 7 heteroatoms. The fraction of sp³-hybridized carbons (Fsp3) is 0.364. The molecule has 0 atom stereocenters. The molecule has 0 aliphatic carbocycles. The van der Waals surface area contributed by atoms with E-state index in [2.05, 4.69) is 0 Å². The Hall–Kier alpha value is -1.60. The number of ether oxygens (including phenoxy) is 1. The van der Waals surface area contributed by atoms with E-state index in [4.69, 9.17) is 9.88 Å². The van der Waals surface area contributed by atoms with Gasteiger partial charge in [0.2, 0.25) is 10.0 Å². The van der Waals surface area contributed by atoms with Crippen molar-refractivity contribution in [2.24, 2.45) is 5.14 Å². The first kappa shape index (κ1) is 14.5. The highest BCUT2D eigenvalue weighted by Crippen LogP contribution is 2.21. The third-order valence-corrected chi connectivity index (χ3v) is 3.19. The lowest BCUT2D eigenvalue weighted by molar-refractivity contribution is 0.0494. The highest BCUT2D eigenvalue weighted by Gasteiger charge is 2.20. The smallest absolute Gasteiger partial charge is 0.339 e. The van der Waals surface area contributed by atoms with E-state index in [-0.39, 0.29) is 22.8 Å². The lowest BCUT2D eigenvalue weighted by Crippen LogP contribution is -2.18. The summed E-state index contributed by atoms with van der Waals surface area (Å²) in [6.45, 7) is 2.12. The summed E-state index contributed by atoms with van der Waals surface area (Å²) in [5.74, 6) is -1.05. The second-order valence-corrected chi connectivity index (χ2v) is 5.24. The van der Waals surface area contributed by atoms with Crippen LogP contribution >= 0.6 is 0 Å². The van der Waals surface area contributed by atoms with Gasteiger partial charge in [-0.05, 0) is 24.6 Å². The summed E-state index contributed by atoms with van der Waals surface area (Å²) < 4.78 is 27.5. The van der Waals surface area contributed by atoms with E-state index < -0.39 is 16.0 Å². The molecule has 0 saturated carbocycles. The van der Waals surface area contributed by atoms with Crippen LogP contribution in [0.1, 0.15) is 30.1 Å². The Morgan fingerprint density at radius 3 is 2.67 bits per heavy atom. The Labute approximate surface area is 105 Å². The number of nitrogens with two attached hydrogens (primary N) is 1. The number of phenolic OH excluding ortho intramolecular Hbond substituents is 1. The van der Waals surface area contributed by atoms with Gasteiger partial charge in [-0.25, -0.2) is 18.4 Å². The van der Waals surface area contributed by atoms with E-state index in [9.17, 15) is 18.3 Å². The Kier molecular flexibility index (Phi) is 4.69. The third-order valence-electron chi connectivity index (χ3n) is 2.22. The number of primary sulfonamides is 1. The predicted octanol–water partition coefficient (Wildman–Crippen LogP) is 0.996. The monoisotopic (exact) mass is 273 g/mol. The molecule has 0 amide bonds. The van der Waals surface area contributed by atoms with Gasteiger partial charge in [0.1, 0.15) is 5.75 Å². The zero-order valence-corrected chi connectivity index (χ0v) is 10.7. The van der Waals surface area contributed by atoms with Crippen molar-refractivity contribution >= 4 is 16.0 Å². The first-order valence-electron chi connectivity index (χ1n) is 5.39. The van der Waals surface area contributed by atoms with Crippen molar-refractivity contribution < 1.29 is 23.1 Å². The van der Waals surface area contributed by atoms with Gasteiger partial charge in [0.25, 0.3) is 0 Å². The Morgan fingerprint density at radius 2 is 2.11 bits per heavy atom. The Morgan fingerprint density at radius 1 is 1.44 bits per heavy atom. The molecule has 100 valence electrons. The zero-order valence-electron chi connectivity index (χ0n) is 9.92. The van der Waals surface area contributed by atoms with Crippen LogP contribution in [0.25, 0.3) is 0 Å². The number of benzene rings is 1. The Balaban J connectivity index is 3.06. The molecular formula is C11H15NO5S. The summed E-state index contributed by atoms with van der Waals surface area (Å²) in [6, 6.07) is 3.23. The predicted molar refractivity (Wildman–Crippen MR) is 64.7 cm³/mol. The number of sulfonamides is 1. The van der Waals surface area contributed by atoms with Crippen LogP contribution in [0.4, 0.5) is 0 Å². The van der Waals surface area contributed by atoms with Gasteiger partial charge >= 0.3 is 5.97 Å². The van der Waals surface area contributed by atoms with Crippen molar-refractivity contribution in [3.05, 3.63) is 23.8 Å². The fourth-order valence-electron chi connectivity index (χ4n) is 1.31. The van der Waals surface area contributed by atoms with Gasteiger partial charge < -0.3 is 9.84 Å². The topological polar surface area (TPSA) is 107 Å². The molecule has 0 unspecified atom stereocenters. The summed E-state index contributed by atoms with van der Waals surface area (Å²) >= 11 is 0. The van der Waals surface area contributed by atoms with Gasteiger partial charge in [-0.3, -0.25) is 0 Å². The maximum absolute atomic E-state index is 11.7. The molecule has 1 aromatic carbocycles.